The maximum atomic E-state index is 12.5. The van der Waals surface area contributed by atoms with Crippen molar-refractivity contribution in [1.82, 2.24) is 4.98 Å². The number of hydrogen-bond acceptors (Lipinski definition) is 2. The number of alkyl halides is 3. The molecule has 0 saturated heterocycles. The van der Waals surface area contributed by atoms with Crippen LogP contribution in [-0.4, -0.2) is 17.3 Å². The van der Waals surface area contributed by atoms with E-state index in [1.807, 2.05) is 0 Å². The highest BCUT2D eigenvalue weighted by atomic mass is 19.4. The van der Waals surface area contributed by atoms with Crippen molar-refractivity contribution in [2.24, 2.45) is 0 Å². The smallest absolute Gasteiger partial charge is 0.308 e. The van der Waals surface area contributed by atoms with Gasteiger partial charge in [-0.2, -0.15) is 13.2 Å². The van der Waals surface area contributed by atoms with Crippen molar-refractivity contribution >= 4 is 5.78 Å². The topological polar surface area (TPSA) is 34.3 Å². The Balaban J connectivity index is 2.10. The second-order valence-electron chi connectivity index (χ2n) is 4.97. The van der Waals surface area contributed by atoms with Crippen molar-refractivity contribution in [1.29, 1.82) is 0 Å². The molecule has 2 aromatic rings. The van der Waals surface area contributed by atoms with Gasteiger partial charge in [-0.1, -0.05) is 12.1 Å². The molecule has 0 aliphatic carbocycles. The Morgan fingerprint density at radius 1 is 1.13 bits per heavy atom. The molecule has 0 spiro atoms. The highest BCUT2D eigenvalue weighted by molar-refractivity contribution is 5.99. The Labute approximate surface area is 131 Å². The largest absolute Gasteiger partial charge is 0.416 e. The normalized spacial score (nSPS) is 11.0. The molecule has 6 heteroatoms. The second-order valence-corrected chi connectivity index (χ2v) is 4.97. The molecule has 0 atom stereocenters. The number of hydrogen-bond donors (Lipinski definition) is 0. The summed E-state index contributed by atoms with van der Waals surface area (Å²) in [6.45, 7) is 6.53. The van der Waals surface area contributed by atoms with Gasteiger partial charge >= 0.3 is 6.18 Å². The van der Waals surface area contributed by atoms with Crippen LogP contribution in [0.2, 0.25) is 0 Å². The van der Waals surface area contributed by atoms with Gasteiger partial charge in [-0.25, -0.2) is 6.57 Å². The number of nitrogens with zero attached hydrogens (tertiary/aromatic N) is 2. The molecule has 118 valence electrons. The van der Waals surface area contributed by atoms with E-state index in [2.05, 4.69) is 9.83 Å². The van der Waals surface area contributed by atoms with Gasteiger partial charge in [0.1, 0.15) is 0 Å². The van der Waals surface area contributed by atoms with Gasteiger partial charge in [0.25, 0.3) is 6.54 Å². The van der Waals surface area contributed by atoms with Crippen LogP contribution in [0.1, 0.15) is 27.0 Å². The minimum Gasteiger partial charge on any atom is -0.308 e. The summed E-state index contributed by atoms with van der Waals surface area (Å²) in [7, 11) is 0. The van der Waals surface area contributed by atoms with Crippen molar-refractivity contribution in [2.75, 3.05) is 6.54 Å². The number of carbonyl (C=O) groups is 1. The zero-order chi connectivity index (χ0) is 16.9. The van der Waals surface area contributed by atoms with Crippen LogP contribution < -0.4 is 0 Å². The van der Waals surface area contributed by atoms with E-state index in [1.165, 1.54) is 18.3 Å². The predicted octanol–water partition coefficient (Wildman–Crippen LogP) is 3.99. The van der Waals surface area contributed by atoms with E-state index in [1.54, 1.807) is 12.3 Å². The van der Waals surface area contributed by atoms with E-state index in [-0.39, 0.29) is 12.3 Å². The molecule has 0 amide bonds. The zero-order valence-electron chi connectivity index (χ0n) is 12.1. The van der Waals surface area contributed by atoms with Crippen LogP contribution in [-0.2, 0) is 19.0 Å². The first-order chi connectivity index (χ1) is 10.9. The molecular weight excluding hydrogens is 305 g/mol. The lowest BCUT2D eigenvalue weighted by atomic mass is 9.99. The number of ketones is 1. The molecule has 0 aliphatic rings. The highest BCUT2D eigenvalue weighted by Gasteiger charge is 2.29. The number of rotatable bonds is 5. The summed E-state index contributed by atoms with van der Waals surface area (Å²) < 4.78 is 37.5. The number of carbonyl (C=O) groups excluding carboxylic acids is 1. The van der Waals surface area contributed by atoms with Crippen molar-refractivity contribution in [3.05, 3.63) is 76.4 Å². The van der Waals surface area contributed by atoms with Gasteiger partial charge in [0.2, 0.25) is 5.78 Å². The number of pyridine rings is 1. The van der Waals surface area contributed by atoms with E-state index in [4.69, 9.17) is 6.57 Å². The maximum absolute atomic E-state index is 12.5. The molecule has 0 bridgehead atoms. The van der Waals surface area contributed by atoms with Gasteiger partial charge in [0.15, 0.2) is 0 Å². The minimum absolute atomic E-state index is 0.225. The number of aromatic nitrogens is 1. The highest BCUT2D eigenvalue weighted by Crippen LogP contribution is 2.29. The van der Waals surface area contributed by atoms with Crippen LogP contribution in [0.25, 0.3) is 4.85 Å². The van der Waals surface area contributed by atoms with Gasteiger partial charge < -0.3 is 4.85 Å². The summed E-state index contributed by atoms with van der Waals surface area (Å²) in [4.78, 5) is 18.9. The van der Waals surface area contributed by atoms with E-state index in [9.17, 15) is 18.0 Å². The van der Waals surface area contributed by atoms with Crippen LogP contribution in [0.3, 0.4) is 0 Å². The van der Waals surface area contributed by atoms with Crippen LogP contribution in [0.4, 0.5) is 13.2 Å². The lowest BCUT2D eigenvalue weighted by Crippen LogP contribution is -2.08. The molecule has 1 heterocycles. The summed E-state index contributed by atoms with van der Waals surface area (Å²) in [6, 6.07) is 6.52. The molecule has 0 fully saturated rings. The van der Waals surface area contributed by atoms with Gasteiger partial charge in [0.05, 0.1) is 5.56 Å². The Morgan fingerprint density at radius 2 is 1.83 bits per heavy atom. The number of Topliss-reactive ketones (excluding diaryl/α,β-unsaturated/α-hetero) is 1. The van der Waals surface area contributed by atoms with Gasteiger partial charge in [0, 0.05) is 18.0 Å². The molecule has 1 aromatic carbocycles. The van der Waals surface area contributed by atoms with E-state index in [0.717, 1.165) is 17.7 Å². The molecule has 3 nitrogen and oxygen atoms in total. The Hall–Kier alpha value is -2.68. The fraction of sp³-hybridized carbons (Fsp3) is 0.235. The van der Waals surface area contributed by atoms with E-state index in [0.29, 0.717) is 24.0 Å². The molecular formula is C17H13F3N2O. The van der Waals surface area contributed by atoms with E-state index >= 15 is 0 Å². The summed E-state index contributed by atoms with van der Waals surface area (Å²) in [5.74, 6) is -0.273. The second kappa shape index (κ2) is 7.05. The van der Waals surface area contributed by atoms with Crippen molar-refractivity contribution in [2.45, 2.75) is 19.0 Å². The van der Waals surface area contributed by atoms with Gasteiger partial charge in [-0.15, -0.1) is 0 Å². The third-order valence-electron chi connectivity index (χ3n) is 3.39. The number of halogens is 3. The minimum atomic E-state index is -4.35. The third-order valence-corrected chi connectivity index (χ3v) is 3.39. The molecule has 0 unspecified atom stereocenters. The predicted molar refractivity (Wildman–Crippen MR) is 78.9 cm³/mol. The first-order valence-electron chi connectivity index (χ1n) is 6.87. The molecule has 0 N–H and O–H groups in total. The lowest BCUT2D eigenvalue weighted by Gasteiger charge is -2.09. The summed E-state index contributed by atoms with van der Waals surface area (Å²) in [5, 5.41) is 0. The molecule has 2 rings (SSSR count). The molecule has 23 heavy (non-hydrogen) atoms. The van der Waals surface area contributed by atoms with Crippen LogP contribution >= 0.6 is 0 Å². The summed E-state index contributed by atoms with van der Waals surface area (Å²) in [6.07, 6.45) is -0.346. The summed E-state index contributed by atoms with van der Waals surface area (Å²) in [5.41, 5.74) is 1.20. The number of benzene rings is 1. The van der Waals surface area contributed by atoms with Crippen LogP contribution in [0.15, 0.2) is 42.7 Å². The Morgan fingerprint density at radius 3 is 2.43 bits per heavy atom. The SMILES string of the molecule is [C-]#[N+]CC(=O)c1ccncc1CCc1ccc(C(F)(F)F)cc1. The van der Waals surface area contributed by atoms with Crippen LogP contribution in [0.5, 0.6) is 0 Å². The lowest BCUT2D eigenvalue weighted by molar-refractivity contribution is -0.137. The average molecular weight is 318 g/mol. The third kappa shape index (κ3) is 4.39. The fourth-order valence-corrected chi connectivity index (χ4v) is 2.19. The first-order valence-corrected chi connectivity index (χ1v) is 6.87. The number of aryl methyl sites for hydroxylation is 2. The Bertz CT molecular complexity index is 731. The fourth-order valence-electron chi connectivity index (χ4n) is 2.19. The zero-order valence-corrected chi connectivity index (χ0v) is 12.1. The van der Waals surface area contributed by atoms with Gasteiger partial charge in [-0.3, -0.25) is 9.78 Å². The molecule has 1 aromatic heterocycles. The standard InChI is InChI=1S/C17H13F3N2O/c1-21-11-16(23)15-8-9-22-10-13(15)5-2-12-3-6-14(7-4-12)17(18,19)20/h3-4,6-10H,2,5,11H2. The summed E-state index contributed by atoms with van der Waals surface area (Å²) >= 11 is 0. The monoisotopic (exact) mass is 318 g/mol. The van der Waals surface area contributed by atoms with Crippen molar-refractivity contribution in [3.63, 3.8) is 0 Å². The molecule has 0 aliphatic heterocycles. The quantitative estimate of drug-likeness (QED) is 0.617. The van der Waals surface area contributed by atoms with Crippen molar-refractivity contribution in [3.8, 4) is 0 Å². The average Bonchev–Trinajstić information content (AvgIpc) is 2.53. The maximum Gasteiger partial charge on any atom is 0.416 e. The van der Waals surface area contributed by atoms with Gasteiger partial charge in [-0.05, 0) is 42.2 Å². The Kier molecular flexibility index (Phi) is 5.12. The van der Waals surface area contributed by atoms with Crippen molar-refractivity contribution < 1.29 is 18.0 Å². The molecule has 0 saturated carbocycles. The van der Waals surface area contributed by atoms with Crippen LogP contribution in [0, 0.1) is 6.57 Å². The molecule has 0 radical (unpaired) electrons. The first kappa shape index (κ1) is 16.7. The van der Waals surface area contributed by atoms with E-state index < -0.39 is 11.7 Å².